The van der Waals surface area contributed by atoms with Crippen molar-refractivity contribution in [1.82, 2.24) is 0 Å². The van der Waals surface area contributed by atoms with Crippen LogP contribution >= 0.6 is 11.6 Å². The van der Waals surface area contributed by atoms with Crippen LogP contribution in [0, 0.1) is 6.92 Å². The Morgan fingerprint density at radius 2 is 1.81 bits per heavy atom. The highest BCUT2D eigenvalue weighted by atomic mass is 35.5. The first-order valence-corrected chi connectivity index (χ1v) is 8.47. The zero-order valence-electron chi connectivity index (χ0n) is 14.7. The molecule has 2 aromatic rings. The van der Waals surface area contributed by atoms with Gasteiger partial charge in [-0.2, -0.15) is 13.2 Å². The van der Waals surface area contributed by atoms with Crippen LogP contribution in [0.3, 0.4) is 0 Å². The Hall–Kier alpha value is -2.54. The third-order valence-electron chi connectivity index (χ3n) is 3.91. The van der Waals surface area contributed by atoms with Crippen molar-refractivity contribution in [2.45, 2.75) is 26.4 Å². The molecule has 0 saturated carbocycles. The average Bonchev–Trinajstić information content (AvgIpc) is 2.57. The van der Waals surface area contributed by atoms with E-state index in [0.29, 0.717) is 10.7 Å². The Balaban J connectivity index is 2.14. The van der Waals surface area contributed by atoms with Crippen LogP contribution in [0.15, 0.2) is 42.5 Å². The van der Waals surface area contributed by atoms with E-state index in [0.717, 1.165) is 23.5 Å². The number of rotatable bonds is 5. The van der Waals surface area contributed by atoms with Crippen molar-refractivity contribution in [1.29, 1.82) is 0 Å². The Labute approximate surface area is 159 Å². The quantitative estimate of drug-likeness (QED) is 0.766. The minimum atomic E-state index is -4.60. The van der Waals surface area contributed by atoms with Crippen LogP contribution in [-0.4, -0.2) is 18.4 Å². The van der Waals surface area contributed by atoms with Crippen molar-refractivity contribution in [3.8, 4) is 0 Å². The molecule has 0 unspecified atom stereocenters. The van der Waals surface area contributed by atoms with Crippen LogP contribution in [0.25, 0.3) is 0 Å². The molecular formula is C19H18ClF3N2O2. The Morgan fingerprint density at radius 1 is 1.15 bits per heavy atom. The van der Waals surface area contributed by atoms with Crippen molar-refractivity contribution in [2.75, 3.05) is 16.8 Å². The van der Waals surface area contributed by atoms with Crippen molar-refractivity contribution in [2.24, 2.45) is 0 Å². The van der Waals surface area contributed by atoms with Crippen LogP contribution < -0.4 is 10.2 Å². The van der Waals surface area contributed by atoms with Gasteiger partial charge in [-0.1, -0.05) is 23.7 Å². The number of anilines is 2. The number of halogens is 4. The second-order valence-electron chi connectivity index (χ2n) is 5.94. The van der Waals surface area contributed by atoms with Crippen LogP contribution in [-0.2, 0) is 15.8 Å². The number of nitrogens with one attached hydrogen (secondary N) is 1. The Bertz CT molecular complexity index is 853. The summed E-state index contributed by atoms with van der Waals surface area (Å²) < 4.78 is 39.6. The van der Waals surface area contributed by atoms with Crippen LogP contribution in [0.2, 0.25) is 5.02 Å². The second kappa shape index (κ2) is 8.43. The van der Waals surface area contributed by atoms with Crippen LogP contribution in [0.4, 0.5) is 24.5 Å². The highest BCUT2D eigenvalue weighted by molar-refractivity contribution is 6.30. The van der Waals surface area contributed by atoms with Gasteiger partial charge >= 0.3 is 6.18 Å². The average molecular weight is 399 g/mol. The van der Waals surface area contributed by atoms with Gasteiger partial charge in [0.15, 0.2) is 0 Å². The van der Waals surface area contributed by atoms with E-state index >= 15 is 0 Å². The molecule has 0 aromatic heterocycles. The standard InChI is InChI=1S/C19H18ClF3N2O2/c1-12-11-14(20)7-8-16(12)24-18(27)9-10-25(13(2)26)17-6-4-3-5-15(17)19(21,22)23/h3-8,11H,9-10H2,1-2H3,(H,24,27). The molecule has 2 amide bonds. The molecule has 2 rings (SSSR count). The largest absolute Gasteiger partial charge is 0.418 e. The SMILES string of the molecule is CC(=O)N(CCC(=O)Nc1ccc(Cl)cc1C)c1ccccc1C(F)(F)F. The summed E-state index contributed by atoms with van der Waals surface area (Å²) >= 11 is 5.86. The number of carbonyl (C=O) groups is 2. The summed E-state index contributed by atoms with van der Waals surface area (Å²) in [4.78, 5) is 25.0. The molecule has 8 heteroatoms. The molecule has 2 aromatic carbocycles. The monoisotopic (exact) mass is 398 g/mol. The lowest BCUT2D eigenvalue weighted by Crippen LogP contribution is -2.33. The summed E-state index contributed by atoms with van der Waals surface area (Å²) in [5.41, 5.74) is 0.110. The predicted octanol–water partition coefficient (Wildman–Crippen LogP) is 5.05. The Kier molecular flexibility index (Phi) is 6.49. The van der Waals surface area contributed by atoms with Gasteiger partial charge in [0.25, 0.3) is 0 Å². The number of amides is 2. The fraction of sp³-hybridized carbons (Fsp3) is 0.263. The van der Waals surface area contributed by atoms with Gasteiger partial charge in [0.05, 0.1) is 11.3 Å². The zero-order chi connectivity index (χ0) is 20.2. The van der Waals surface area contributed by atoms with Crippen LogP contribution in [0.5, 0.6) is 0 Å². The smallest absolute Gasteiger partial charge is 0.326 e. The molecule has 27 heavy (non-hydrogen) atoms. The molecule has 1 N–H and O–H groups in total. The minimum absolute atomic E-state index is 0.159. The molecule has 0 aliphatic rings. The van der Waals surface area contributed by atoms with Crippen molar-refractivity contribution >= 4 is 34.8 Å². The lowest BCUT2D eigenvalue weighted by molar-refractivity contribution is -0.137. The van der Waals surface area contributed by atoms with E-state index in [1.165, 1.54) is 18.2 Å². The number of benzene rings is 2. The molecule has 0 saturated heterocycles. The van der Waals surface area contributed by atoms with Gasteiger partial charge in [0.1, 0.15) is 0 Å². The number of aryl methyl sites for hydroxylation is 1. The van der Waals surface area contributed by atoms with Crippen molar-refractivity contribution < 1.29 is 22.8 Å². The first-order chi connectivity index (χ1) is 12.6. The van der Waals surface area contributed by atoms with E-state index in [1.54, 1.807) is 25.1 Å². The number of alkyl halides is 3. The van der Waals surface area contributed by atoms with Gasteiger partial charge < -0.3 is 10.2 Å². The van der Waals surface area contributed by atoms with Gasteiger partial charge in [0.2, 0.25) is 11.8 Å². The lowest BCUT2D eigenvalue weighted by Gasteiger charge is -2.24. The molecular weight excluding hydrogens is 381 g/mol. The number of carbonyl (C=O) groups excluding carboxylic acids is 2. The highest BCUT2D eigenvalue weighted by Crippen LogP contribution is 2.36. The third kappa shape index (κ3) is 5.47. The topological polar surface area (TPSA) is 49.4 Å². The van der Waals surface area contributed by atoms with Gasteiger partial charge in [-0.05, 0) is 42.8 Å². The third-order valence-corrected chi connectivity index (χ3v) is 4.14. The van der Waals surface area contributed by atoms with Gasteiger partial charge in [-0.15, -0.1) is 0 Å². The van der Waals surface area contributed by atoms with Gasteiger partial charge in [0, 0.05) is 30.6 Å². The lowest BCUT2D eigenvalue weighted by atomic mass is 10.1. The molecule has 0 aliphatic carbocycles. The van der Waals surface area contributed by atoms with E-state index in [4.69, 9.17) is 11.6 Å². The molecule has 0 radical (unpaired) electrons. The second-order valence-corrected chi connectivity index (χ2v) is 6.38. The molecule has 144 valence electrons. The van der Waals surface area contributed by atoms with E-state index in [1.807, 2.05) is 0 Å². The first-order valence-electron chi connectivity index (χ1n) is 8.10. The maximum atomic E-state index is 13.2. The summed E-state index contributed by atoms with van der Waals surface area (Å²) in [5.74, 6) is -1.00. The molecule has 0 heterocycles. The minimum Gasteiger partial charge on any atom is -0.326 e. The molecule has 0 bridgehead atoms. The van der Waals surface area contributed by atoms with E-state index in [2.05, 4.69) is 5.32 Å². The zero-order valence-corrected chi connectivity index (χ0v) is 15.5. The number of hydrogen-bond donors (Lipinski definition) is 1. The summed E-state index contributed by atoms with van der Waals surface area (Å²) in [6, 6.07) is 9.72. The number of para-hydroxylation sites is 1. The van der Waals surface area contributed by atoms with Crippen molar-refractivity contribution in [3.63, 3.8) is 0 Å². The van der Waals surface area contributed by atoms with Crippen LogP contribution in [0.1, 0.15) is 24.5 Å². The molecule has 0 atom stereocenters. The maximum absolute atomic E-state index is 13.2. The van der Waals surface area contributed by atoms with Crippen molar-refractivity contribution in [3.05, 3.63) is 58.6 Å². The molecule has 0 aliphatic heterocycles. The van der Waals surface area contributed by atoms with Gasteiger partial charge in [-0.3, -0.25) is 9.59 Å². The summed E-state index contributed by atoms with van der Waals surface area (Å²) in [6.07, 6.45) is -4.76. The molecule has 0 fully saturated rings. The van der Waals surface area contributed by atoms with E-state index in [9.17, 15) is 22.8 Å². The summed E-state index contributed by atoms with van der Waals surface area (Å²) in [5, 5.41) is 3.20. The highest BCUT2D eigenvalue weighted by Gasteiger charge is 2.35. The molecule has 0 spiro atoms. The summed E-state index contributed by atoms with van der Waals surface area (Å²) in [7, 11) is 0. The number of nitrogens with zero attached hydrogens (tertiary/aromatic N) is 1. The molecule has 4 nitrogen and oxygen atoms in total. The summed E-state index contributed by atoms with van der Waals surface area (Å²) in [6.45, 7) is 2.75. The Morgan fingerprint density at radius 3 is 2.41 bits per heavy atom. The maximum Gasteiger partial charge on any atom is 0.418 e. The normalized spacial score (nSPS) is 11.2. The van der Waals surface area contributed by atoms with E-state index < -0.39 is 23.6 Å². The fourth-order valence-corrected chi connectivity index (χ4v) is 2.82. The predicted molar refractivity (Wildman–Crippen MR) is 98.9 cm³/mol. The first kappa shape index (κ1) is 20.8. The van der Waals surface area contributed by atoms with Gasteiger partial charge in [-0.25, -0.2) is 0 Å². The fourth-order valence-electron chi connectivity index (χ4n) is 2.59. The van der Waals surface area contributed by atoms with E-state index in [-0.39, 0.29) is 18.7 Å². The number of hydrogen-bond acceptors (Lipinski definition) is 2.